The molecule has 0 saturated heterocycles. The molecule has 0 atom stereocenters. The molecule has 0 saturated carbocycles. The van der Waals surface area contributed by atoms with E-state index in [0.29, 0.717) is 13.1 Å². The maximum atomic E-state index is 10.9. The molecule has 82 valence electrons. The minimum atomic E-state index is -0.843. The van der Waals surface area contributed by atoms with E-state index in [9.17, 15) is 4.79 Å². The summed E-state index contributed by atoms with van der Waals surface area (Å²) in [5, 5.41) is 10.2. The quantitative estimate of drug-likeness (QED) is 0.709. The smallest absolute Gasteiger partial charge is 0.407 e. The lowest BCUT2D eigenvalue weighted by molar-refractivity contribution is 0.139. The first-order chi connectivity index (χ1) is 7.75. The minimum Gasteiger partial charge on any atom is -0.465 e. The van der Waals surface area contributed by atoms with Crippen LogP contribution in [0.3, 0.4) is 0 Å². The predicted molar refractivity (Wildman–Crippen MR) is 60.4 cm³/mol. The van der Waals surface area contributed by atoms with Crippen LogP contribution in [0.1, 0.15) is 11.3 Å². The van der Waals surface area contributed by atoms with Gasteiger partial charge in [-0.2, -0.15) is 0 Å². The van der Waals surface area contributed by atoms with E-state index in [2.05, 4.69) is 11.1 Å². The average molecular weight is 216 g/mol. The third kappa shape index (κ3) is 1.26. The number of aromatic amines is 1. The molecule has 0 spiro atoms. The number of benzene rings is 1. The third-order valence-corrected chi connectivity index (χ3v) is 3.15. The Kier molecular flexibility index (Phi) is 1.89. The Morgan fingerprint density at radius 2 is 2.19 bits per heavy atom. The van der Waals surface area contributed by atoms with Crippen molar-refractivity contribution in [2.24, 2.45) is 0 Å². The number of H-pyrrole nitrogens is 1. The van der Waals surface area contributed by atoms with Crippen molar-refractivity contribution in [1.29, 1.82) is 0 Å². The number of fused-ring (bicyclic) bond motifs is 3. The molecule has 0 fully saturated rings. The second-order valence-corrected chi connectivity index (χ2v) is 4.08. The minimum absolute atomic E-state index is 0.472. The Morgan fingerprint density at radius 3 is 3.00 bits per heavy atom. The average Bonchev–Trinajstić information content (AvgIpc) is 2.66. The van der Waals surface area contributed by atoms with Crippen molar-refractivity contribution >= 4 is 17.0 Å². The fourth-order valence-corrected chi connectivity index (χ4v) is 2.36. The van der Waals surface area contributed by atoms with Crippen LogP contribution in [0.5, 0.6) is 0 Å². The number of carboxylic acid groups (broad SMARTS) is 1. The highest BCUT2D eigenvalue weighted by atomic mass is 16.4. The predicted octanol–water partition coefficient (Wildman–Crippen LogP) is 2.20. The largest absolute Gasteiger partial charge is 0.465 e. The first-order valence-electron chi connectivity index (χ1n) is 5.32. The lowest BCUT2D eigenvalue weighted by Gasteiger charge is -2.24. The number of carbonyl (C=O) groups is 1. The van der Waals surface area contributed by atoms with E-state index < -0.39 is 6.09 Å². The molecular weight excluding hydrogens is 204 g/mol. The van der Waals surface area contributed by atoms with E-state index in [0.717, 1.165) is 17.6 Å². The van der Waals surface area contributed by atoms with Crippen molar-refractivity contribution in [3.05, 3.63) is 35.5 Å². The number of hydrogen-bond acceptors (Lipinski definition) is 1. The van der Waals surface area contributed by atoms with E-state index in [1.807, 2.05) is 18.2 Å². The van der Waals surface area contributed by atoms with Crippen LogP contribution < -0.4 is 0 Å². The number of aromatic nitrogens is 1. The molecule has 0 unspecified atom stereocenters. The maximum Gasteiger partial charge on any atom is 0.407 e. The van der Waals surface area contributed by atoms with Crippen LogP contribution in [0, 0.1) is 0 Å². The molecule has 1 aliphatic heterocycles. The highest BCUT2D eigenvalue weighted by Gasteiger charge is 2.22. The van der Waals surface area contributed by atoms with Crippen LogP contribution >= 0.6 is 0 Å². The Balaban J connectivity index is 2.09. The molecule has 1 aromatic heterocycles. The lowest BCUT2D eigenvalue weighted by Crippen LogP contribution is -2.34. The van der Waals surface area contributed by atoms with Gasteiger partial charge in [-0.25, -0.2) is 4.79 Å². The molecule has 0 bridgehead atoms. The van der Waals surface area contributed by atoms with E-state index in [4.69, 9.17) is 5.11 Å². The first kappa shape index (κ1) is 9.27. The summed E-state index contributed by atoms with van der Waals surface area (Å²) in [7, 11) is 0. The van der Waals surface area contributed by atoms with Gasteiger partial charge in [0.05, 0.1) is 6.54 Å². The lowest BCUT2D eigenvalue weighted by atomic mass is 10.0. The summed E-state index contributed by atoms with van der Waals surface area (Å²) in [6.07, 6.45) is -0.0460. The van der Waals surface area contributed by atoms with Crippen molar-refractivity contribution in [2.45, 2.75) is 13.0 Å². The molecule has 2 heterocycles. The molecule has 0 aliphatic carbocycles. The molecule has 1 aliphatic rings. The van der Waals surface area contributed by atoms with E-state index in [1.54, 1.807) is 0 Å². The summed E-state index contributed by atoms with van der Waals surface area (Å²) in [4.78, 5) is 15.6. The summed E-state index contributed by atoms with van der Waals surface area (Å²) in [6, 6.07) is 8.11. The molecule has 0 radical (unpaired) electrons. The number of para-hydroxylation sites is 1. The summed E-state index contributed by atoms with van der Waals surface area (Å²) in [5.41, 5.74) is 3.41. The Bertz CT molecular complexity index is 559. The van der Waals surface area contributed by atoms with Gasteiger partial charge < -0.3 is 15.0 Å². The van der Waals surface area contributed by atoms with Gasteiger partial charge in [0.15, 0.2) is 0 Å². The standard InChI is InChI=1S/C12H12N2O2/c15-12(16)14-6-5-9-8-3-1-2-4-10(8)13-11(9)7-14/h1-4,13H,5-7H2,(H,15,16). The monoisotopic (exact) mass is 216 g/mol. The van der Waals surface area contributed by atoms with Crippen LogP contribution in [-0.4, -0.2) is 27.6 Å². The summed E-state index contributed by atoms with van der Waals surface area (Å²) >= 11 is 0. The molecule has 1 aromatic carbocycles. The molecule has 2 N–H and O–H groups in total. The van der Waals surface area contributed by atoms with Crippen LogP contribution in [-0.2, 0) is 13.0 Å². The SMILES string of the molecule is O=C(O)N1CCc2c([nH]c3ccccc23)C1. The van der Waals surface area contributed by atoms with Gasteiger partial charge in [-0.1, -0.05) is 18.2 Å². The number of amides is 1. The Labute approximate surface area is 92.5 Å². The molecule has 1 amide bonds. The molecular formula is C12H12N2O2. The van der Waals surface area contributed by atoms with E-state index in [-0.39, 0.29) is 0 Å². The topological polar surface area (TPSA) is 56.3 Å². The van der Waals surface area contributed by atoms with Gasteiger partial charge in [0, 0.05) is 23.1 Å². The zero-order chi connectivity index (χ0) is 11.1. The molecule has 4 nitrogen and oxygen atoms in total. The van der Waals surface area contributed by atoms with Gasteiger partial charge in [-0.3, -0.25) is 0 Å². The third-order valence-electron chi connectivity index (χ3n) is 3.15. The van der Waals surface area contributed by atoms with Gasteiger partial charge >= 0.3 is 6.09 Å². The zero-order valence-corrected chi connectivity index (χ0v) is 8.73. The van der Waals surface area contributed by atoms with Gasteiger partial charge in [0.2, 0.25) is 0 Å². The second-order valence-electron chi connectivity index (χ2n) is 4.08. The number of nitrogens with zero attached hydrogens (tertiary/aromatic N) is 1. The van der Waals surface area contributed by atoms with E-state index >= 15 is 0 Å². The molecule has 2 aromatic rings. The summed E-state index contributed by atoms with van der Waals surface area (Å²) < 4.78 is 0. The fourth-order valence-electron chi connectivity index (χ4n) is 2.36. The number of rotatable bonds is 0. The van der Waals surface area contributed by atoms with Gasteiger partial charge in [0.1, 0.15) is 0 Å². The van der Waals surface area contributed by atoms with Crippen LogP contribution in [0.15, 0.2) is 24.3 Å². The van der Waals surface area contributed by atoms with Crippen molar-refractivity contribution < 1.29 is 9.90 Å². The summed E-state index contributed by atoms with van der Waals surface area (Å²) in [6.45, 7) is 1.06. The summed E-state index contributed by atoms with van der Waals surface area (Å²) in [5.74, 6) is 0. The first-order valence-corrected chi connectivity index (χ1v) is 5.32. The maximum absolute atomic E-state index is 10.9. The van der Waals surface area contributed by atoms with Crippen molar-refractivity contribution in [3.8, 4) is 0 Å². The van der Waals surface area contributed by atoms with Crippen LogP contribution in [0.4, 0.5) is 4.79 Å². The zero-order valence-electron chi connectivity index (χ0n) is 8.73. The van der Waals surface area contributed by atoms with Crippen molar-refractivity contribution in [2.75, 3.05) is 6.54 Å². The van der Waals surface area contributed by atoms with Gasteiger partial charge in [-0.15, -0.1) is 0 Å². The normalized spacial score (nSPS) is 15.1. The highest BCUT2D eigenvalue weighted by Crippen LogP contribution is 2.27. The van der Waals surface area contributed by atoms with Crippen molar-refractivity contribution in [1.82, 2.24) is 9.88 Å². The van der Waals surface area contributed by atoms with Crippen molar-refractivity contribution in [3.63, 3.8) is 0 Å². The molecule has 3 rings (SSSR count). The van der Waals surface area contributed by atoms with Crippen LogP contribution in [0.2, 0.25) is 0 Å². The fraction of sp³-hybridized carbons (Fsp3) is 0.250. The van der Waals surface area contributed by atoms with E-state index in [1.165, 1.54) is 15.8 Å². The number of nitrogens with one attached hydrogen (secondary N) is 1. The second kappa shape index (κ2) is 3.27. The Morgan fingerprint density at radius 1 is 1.38 bits per heavy atom. The molecule has 16 heavy (non-hydrogen) atoms. The van der Waals surface area contributed by atoms with Gasteiger partial charge in [0.25, 0.3) is 0 Å². The highest BCUT2D eigenvalue weighted by molar-refractivity contribution is 5.85. The van der Waals surface area contributed by atoms with Gasteiger partial charge in [-0.05, 0) is 18.1 Å². The molecule has 4 heteroatoms. The number of hydrogen-bond donors (Lipinski definition) is 2. The van der Waals surface area contributed by atoms with Crippen LogP contribution in [0.25, 0.3) is 10.9 Å². The Hall–Kier alpha value is -1.97.